The molecule has 0 heterocycles. The average Bonchev–Trinajstić information content (AvgIpc) is 2.27. The standard InChI is InChI=1S/C10H19N3OS/c1-5-9(2)13(6-7-14-3)10(15-4)12-8-11/h9H,5-7H2,1-4H3. The van der Waals surface area contributed by atoms with Crippen molar-refractivity contribution >= 4 is 16.9 Å². The Bertz CT molecular complexity index is 237. The molecule has 0 fully saturated rings. The van der Waals surface area contributed by atoms with Crippen molar-refractivity contribution < 1.29 is 4.74 Å². The average molecular weight is 229 g/mol. The van der Waals surface area contributed by atoms with Crippen LogP contribution in [0.3, 0.4) is 0 Å². The normalized spacial score (nSPS) is 13.4. The van der Waals surface area contributed by atoms with E-state index in [1.165, 1.54) is 11.8 Å². The van der Waals surface area contributed by atoms with E-state index < -0.39 is 0 Å². The van der Waals surface area contributed by atoms with Crippen molar-refractivity contribution in [3.8, 4) is 6.19 Å². The Kier molecular flexibility index (Phi) is 8.15. The van der Waals surface area contributed by atoms with Gasteiger partial charge in [0.15, 0.2) is 5.17 Å². The summed E-state index contributed by atoms with van der Waals surface area (Å²) in [6, 6.07) is 0.375. The number of methoxy groups -OCH3 is 1. The van der Waals surface area contributed by atoms with Crippen LogP contribution in [0.2, 0.25) is 0 Å². The number of hydrogen-bond acceptors (Lipinski definition) is 4. The van der Waals surface area contributed by atoms with Crippen LogP contribution in [-0.4, -0.2) is 42.6 Å². The van der Waals surface area contributed by atoms with Crippen LogP contribution in [0.5, 0.6) is 0 Å². The summed E-state index contributed by atoms with van der Waals surface area (Å²) in [6.45, 7) is 5.66. The minimum absolute atomic E-state index is 0.375. The van der Waals surface area contributed by atoms with E-state index in [4.69, 9.17) is 10.00 Å². The number of nitriles is 1. The molecule has 0 aromatic rings. The Labute approximate surface area is 96.3 Å². The highest BCUT2D eigenvalue weighted by Crippen LogP contribution is 2.11. The Morgan fingerprint density at radius 2 is 2.33 bits per heavy atom. The van der Waals surface area contributed by atoms with E-state index in [9.17, 15) is 0 Å². The van der Waals surface area contributed by atoms with Gasteiger partial charge in [-0.05, 0) is 19.6 Å². The summed E-state index contributed by atoms with van der Waals surface area (Å²) in [6.07, 6.45) is 4.79. The Balaban J connectivity index is 4.59. The summed E-state index contributed by atoms with van der Waals surface area (Å²) in [5.74, 6) is 0. The van der Waals surface area contributed by atoms with Crippen molar-refractivity contribution in [1.82, 2.24) is 4.90 Å². The molecular weight excluding hydrogens is 210 g/mol. The van der Waals surface area contributed by atoms with Crippen molar-refractivity contribution in [1.29, 1.82) is 5.26 Å². The molecule has 15 heavy (non-hydrogen) atoms. The topological polar surface area (TPSA) is 48.6 Å². The van der Waals surface area contributed by atoms with E-state index in [-0.39, 0.29) is 0 Å². The monoisotopic (exact) mass is 229 g/mol. The number of amidine groups is 1. The Hall–Kier alpha value is -0.730. The molecule has 0 aromatic heterocycles. The molecule has 86 valence electrons. The largest absolute Gasteiger partial charge is 0.383 e. The molecule has 0 N–H and O–H groups in total. The summed E-state index contributed by atoms with van der Waals surface area (Å²) in [7, 11) is 1.68. The van der Waals surface area contributed by atoms with Gasteiger partial charge in [0.2, 0.25) is 6.19 Å². The zero-order chi connectivity index (χ0) is 11.7. The lowest BCUT2D eigenvalue weighted by molar-refractivity contribution is 0.164. The van der Waals surface area contributed by atoms with Crippen molar-refractivity contribution in [2.45, 2.75) is 26.3 Å². The van der Waals surface area contributed by atoms with Gasteiger partial charge in [-0.3, -0.25) is 0 Å². The third kappa shape index (κ3) is 5.05. The fourth-order valence-corrected chi connectivity index (χ4v) is 1.82. The molecule has 0 aliphatic carbocycles. The fourth-order valence-electron chi connectivity index (χ4n) is 1.18. The van der Waals surface area contributed by atoms with Crippen LogP contribution in [0, 0.1) is 11.5 Å². The smallest absolute Gasteiger partial charge is 0.208 e. The van der Waals surface area contributed by atoms with Crippen LogP contribution in [0.1, 0.15) is 20.3 Å². The highest BCUT2D eigenvalue weighted by Gasteiger charge is 2.15. The van der Waals surface area contributed by atoms with Gasteiger partial charge in [-0.2, -0.15) is 5.26 Å². The van der Waals surface area contributed by atoms with Gasteiger partial charge in [-0.15, -0.1) is 4.99 Å². The van der Waals surface area contributed by atoms with Crippen LogP contribution in [-0.2, 0) is 4.74 Å². The first-order valence-corrected chi connectivity index (χ1v) is 6.20. The SMILES string of the molecule is CCC(C)N(CCOC)C(=NC#N)SC. The van der Waals surface area contributed by atoms with Gasteiger partial charge in [0.1, 0.15) is 0 Å². The number of thioether (sulfide) groups is 1. The van der Waals surface area contributed by atoms with Gasteiger partial charge < -0.3 is 9.64 Å². The van der Waals surface area contributed by atoms with Gasteiger partial charge in [0.05, 0.1) is 6.61 Å². The van der Waals surface area contributed by atoms with Crippen LogP contribution in [0.15, 0.2) is 4.99 Å². The molecule has 1 atom stereocenters. The molecule has 4 nitrogen and oxygen atoms in total. The second-order valence-electron chi connectivity index (χ2n) is 3.14. The summed E-state index contributed by atoms with van der Waals surface area (Å²) >= 11 is 1.49. The molecule has 0 aliphatic heterocycles. The van der Waals surface area contributed by atoms with Crippen molar-refractivity contribution in [2.24, 2.45) is 4.99 Å². The second kappa shape index (κ2) is 8.57. The quantitative estimate of drug-likeness (QED) is 0.410. The molecule has 0 bridgehead atoms. The molecule has 0 amide bonds. The first-order valence-electron chi connectivity index (χ1n) is 4.97. The van der Waals surface area contributed by atoms with Crippen LogP contribution in [0.25, 0.3) is 0 Å². The molecule has 0 radical (unpaired) electrons. The molecule has 5 heteroatoms. The third-order valence-electron chi connectivity index (χ3n) is 2.23. The van der Waals surface area contributed by atoms with Crippen molar-refractivity contribution in [2.75, 3.05) is 26.5 Å². The van der Waals surface area contributed by atoms with Gasteiger partial charge >= 0.3 is 0 Å². The number of ether oxygens (including phenoxy) is 1. The maximum atomic E-state index is 8.59. The lowest BCUT2D eigenvalue weighted by Crippen LogP contribution is -2.39. The highest BCUT2D eigenvalue weighted by atomic mass is 32.2. The van der Waals surface area contributed by atoms with Crippen LogP contribution in [0.4, 0.5) is 0 Å². The van der Waals surface area contributed by atoms with E-state index in [2.05, 4.69) is 23.7 Å². The predicted molar refractivity (Wildman–Crippen MR) is 64.9 cm³/mol. The zero-order valence-electron chi connectivity index (χ0n) is 9.86. The number of aliphatic imine (C=N–C) groups is 1. The van der Waals surface area contributed by atoms with E-state index >= 15 is 0 Å². The molecule has 0 aromatic carbocycles. The maximum Gasteiger partial charge on any atom is 0.208 e. The molecule has 0 aliphatic rings. The van der Waals surface area contributed by atoms with Crippen LogP contribution < -0.4 is 0 Å². The highest BCUT2D eigenvalue weighted by molar-refractivity contribution is 8.13. The first-order chi connectivity index (χ1) is 7.21. The predicted octanol–water partition coefficient (Wildman–Crippen LogP) is 1.93. The Morgan fingerprint density at radius 1 is 1.67 bits per heavy atom. The lowest BCUT2D eigenvalue weighted by Gasteiger charge is -2.29. The molecular formula is C10H19N3OS. The molecule has 0 saturated heterocycles. The summed E-state index contributed by atoms with van der Waals surface area (Å²) in [5, 5.41) is 9.36. The van der Waals surface area contributed by atoms with Gasteiger partial charge in [-0.25, -0.2) is 0 Å². The molecule has 1 unspecified atom stereocenters. The minimum atomic E-state index is 0.375. The van der Waals surface area contributed by atoms with Gasteiger partial charge in [0, 0.05) is 19.7 Å². The summed E-state index contributed by atoms with van der Waals surface area (Å²) in [5.41, 5.74) is 0. The minimum Gasteiger partial charge on any atom is -0.383 e. The summed E-state index contributed by atoms with van der Waals surface area (Å²) < 4.78 is 5.05. The van der Waals surface area contributed by atoms with Crippen LogP contribution >= 0.6 is 11.8 Å². The molecule has 0 saturated carbocycles. The lowest BCUT2D eigenvalue weighted by atomic mass is 10.2. The van der Waals surface area contributed by atoms with E-state index in [0.717, 1.165) is 18.1 Å². The van der Waals surface area contributed by atoms with Crippen molar-refractivity contribution in [3.63, 3.8) is 0 Å². The number of rotatable bonds is 5. The number of nitrogens with zero attached hydrogens (tertiary/aromatic N) is 3. The summed E-state index contributed by atoms with van der Waals surface area (Å²) in [4.78, 5) is 5.93. The molecule has 0 spiro atoms. The third-order valence-corrected chi connectivity index (χ3v) is 2.92. The fraction of sp³-hybridized carbons (Fsp3) is 0.800. The van der Waals surface area contributed by atoms with E-state index in [1.54, 1.807) is 7.11 Å². The zero-order valence-corrected chi connectivity index (χ0v) is 10.7. The van der Waals surface area contributed by atoms with Gasteiger partial charge in [-0.1, -0.05) is 18.7 Å². The maximum absolute atomic E-state index is 8.59. The van der Waals surface area contributed by atoms with E-state index in [1.807, 2.05) is 12.4 Å². The second-order valence-corrected chi connectivity index (χ2v) is 3.92. The van der Waals surface area contributed by atoms with Gasteiger partial charge in [0.25, 0.3) is 0 Å². The first kappa shape index (κ1) is 14.3. The Morgan fingerprint density at radius 3 is 2.73 bits per heavy atom. The van der Waals surface area contributed by atoms with E-state index in [0.29, 0.717) is 12.6 Å². The molecule has 0 rings (SSSR count). The number of hydrogen-bond donors (Lipinski definition) is 0. The van der Waals surface area contributed by atoms with Crippen molar-refractivity contribution in [3.05, 3.63) is 0 Å².